The lowest BCUT2D eigenvalue weighted by Gasteiger charge is -2.22. The van der Waals surface area contributed by atoms with Gasteiger partial charge >= 0.3 is 6.01 Å². The average molecular weight is 269 g/mol. The van der Waals surface area contributed by atoms with Crippen LogP contribution in [0, 0.1) is 0 Å². The molecule has 0 spiro atoms. The number of aromatic nitrogens is 2. The van der Waals surface area contributed by atoms with Gasteiger partial charge in [-0.05, 0) is 33.7 Å². The molecule has 19 heavy (non-hydrogen) atoms. The summed E-state index contributed by atoms with van der Waals surface area (Å²) in [7, 11) is 0. The SMILES string of the molecule is CCCNC(C)c1nnc(NC(C)(C)CC(N)=O)o1. The van der Waals surface area contributed by atoms with Gasteiger partial charge in [-0.2, -0.15) is 0 Å². The Morgan fingerprint density at radius 2 is 2.16 bits per heavy atom. The number of nitrogens with zero attached hydrogens (tertiary/aromatic N) is 2. The van der Waals surface area contributed by atoms with Crippen molar-refractivity contribution in [3.05, 3.63) is 5.89 Å². The number of hydrogen-bond donors (Lipinski definition) is 3. The number of amides is 1. The van der Waals surface area contributed by atoms with Gasteiger partial charge in [0.25, 0.3) is 0 Å². The molecule has 0 aromatic carbocycles. The van der Waals surface area contributed by atoms with Gasteiger partial charge in [0.05, 0.1) is 6.04 Å². The lowest BCUT2D eigenvalue weighted by molar-refractivity contribution is -0.118. The molecule has 0 aliphatic carbocycles. The molecule has 0 bridgehead atoms. The first-order chi connectivity index (χ1) is 8.84. The van der Waals surface area contributed by atoms with Crippen LogP contribution in [0.2, 0.25) is 0 Å². The van der Waals surface area contributed by atoms with E-state index in [0.717, 1.165) is 13.0 Å². The molecule has 0 radical (unpaired) electrons. The average Bonchev–Trinajstić information content (AvgIpc) is 2.71. The summed E-state index contributed by atoms with van der Waals surface area (Å²) >= 11 is 0. The first kappa shape index (κ1) is 15.4. The summed E-state index contributed by atoms with van der Waals surface area (Å²) in [5.41, 5.74) is 4.67. The van der Waals surface area contributed by atoms with E-state index in [1.54, 1.807) is 0 Å². The highest BCUT2D eigenvalue weighted by Gasteiger charge is 2.23. The van der Waals surface area contributed by atoms with Crippen LogP contribution in [0.3, 0.4) is 0 Å². The number of rotatable bonds is 8. The molecule has 1 rings (SSSR count). The zero-order chi connectivity index (χ0) is 14.5. The van der Waals surface area contributed by atoms with Crippen LogP contribution in [0.25, 0.3) is 0 Å². The summed E-state index contributed by atoms with van der Waals surface area (Å²) < 4.78 is 5.51. The fourth-order valence-corrected chi connectivity index (χ4v) is 1.68. The van der Waals surface area contributed by atoms with Crippen LogP contribution in [-0.4, -0.2) is 28.2 Å². The van der Waals surface area contributed by atoms with E-state index in [1.165, 1.54) is 0 Å². The van der Waals surface area contributed by atoms with Crippen LogP contribution in [0.1, 0.15) is 52.5 Å². The van der Waals surface area contributed by atoms with Crippen molar-refractivity contribution in [1.29, 1.82) is 0 Å². The van der Waals surface area contributed by atoms with Crippen molar-refractivity contribution in [3.8, 4) is 0 Å². The molecule has 0 aliphatic heterocycles. The Labute approximate surface area is 113 Å². The number of nitrogens with one attached hydrogen (secondary N) is 2. The molecule has 0 saturated carbocycles. The zero-order valence-electron chi connectivity index (χ0n) is 12.0. The van der Waals surface area contributed by atoms with Gasteiger partial charge in [-0.3, -0.25) is 4.79 Å². The summed E-state index contributed by atoms with van der Waals surface area (Å²) in [4.78, 5) is 10.9. The van der Waals surface area contributed by atoms with Crippen molar-refractivity contribution in [2.24, 2.45) is 5.73 Å². The molecule has 1 aromatic rings. The molecule has 0 saturated heterocycles. The molecule has 7 heteroatoms. The van der Waals surface area contributed by atoms with Crippen LogP contribution in [0.15, 0.2) is 4.42 Å². The second kappa shape index (κ2) is 6.51. The second-order valence-corrected chi connectivity index (χ2v) is 5.27. The molecule has 1 aromatic heterocycles. The third-order valence-electron chi connectivity index (χ3n) is 2.57. The number of nitrogens with two attached hydrogens (primary N) is 1. The molecule has 108 valence electrons. The molecule has 1 heterocycles. The predicted octanol–water partition coefficient (Wildman–Crippen LogP) is 1.20. The Morgan fingerprint density at radius 1 is 1.47 bits per heavy atom. The zero-order valence-corrected chi connectivity index (χ0v) is 12.0. The quantitative estimate of drug-likeness (QED) is 0.654. The first-order valence-corrected chi connectivity index (χ1v) is 6.47. The van der Waals surface area contributed by atoms with E-state index >= 15 is 0 Å². The van der Waals surface area contributed by atoms with Gasteiger partial charge in [0.15, 0.2) is 0 Å². The van der Waals surface area contributed by atoms with Crippen molar-refractivity contribution >= 4 is 11.9 Å². The standard InChI is InChI=1S/C12H23N5O2/c1-5-6-14-8(2)10-16-17-11(19-10)15-12(3,4)7-9(13)18/h8,14H,5-7H2,1-4H3,(H2,13,18)(H,15,17). The van der Waals surface area contributed by atoms with Crippen LogP contribution in [0.4, 0.5) is 6.01 Å². The van der Waals surface area contributed by atoms with Crippen LogP contribution in [0.5, 0.6) is 0 Å². The van der Waals surface area contributed by atoms with Gasteiger partial charge in [-0.15, -0.1) is 5.10 Å². The van der Waals surface area contributed by atoms with E-state index in [-0.39, 0.29) is 18.4 Å². The highest BCUT2D eigenvalue weighted by Crippen LogP contribution is 2.19. The van der Waals surface area contributed by atoms with Gasteiger partial charge in [-0.25, -0.2) is 0 Å². The summed E-state index contributed by atoms with van der Waals surface area (Å²) in [5, 5.41) is 14.2. The topological polar surface area (TPSA) is 106 Å². The number of anilines is 1. The molecular weight excluding hydrogens is 246 g/mol. The molecule has 0 fully saturated rings. The smallest absolute Gasteiger partial charge is 0.315 e. The van der Waals surface area contributed by atoms with Crippen molar-refractivity contribution in [2.45, 2.75) is 52.1 Å². The minimum Gasteiger partial charge on any atom is -0.406 e. The van der Waals surface area contributed by atoms with Crippen molar-refractivity contribution in [3.63, 3.8) is 0 Å². The normalized spacial score (nSPS) is 13.3. The van der Waals surface area contributed by atoms with E-state index in [1.807, 2.05) is 20.8 Å². The Kier molecular flexibility index (Phi) is 5.29. The van der Waals surface area contributed by atoms with Crippen molar-refractivity contribution < 1.29 is 9.21 Å². The molecule has 4 N–H and O–H groups in total. The molecular formula is C12H23N5O2. The monoisotopic (exact) mass is 269 g/mol. The number of carbonyl (C=O) groups is 1. The third kappa shape index (κ3) is 5.25. The molecule has 0 aliphatic rings. The number of primary amides is 1. The predicted molar refractivity (Wildman–Crippen MR) is 72.5 cm³/mol. The number of carbonyl (C=O) groups excluding carboxylic acids is 1. The van der Waals surface area contributed by atoms with Gasteiger partial charge in [0.2, 0.25) is 11.8 Å². The fourth-order valence-electron chi connectivity index (χ4n) is 1.68. The lowest BCUT2D eigenvalue weighted by atomic mass is 10.0. The van der Waals surface area contributed by atoms with Crippen LogP contribution in [-0.2, 0) is 4.79 Å². The minimum atomic E-state index is -0.518. The highest BCUT2D eigenvalue weighted by atomic mass is 16.4. The van der Waals surface area contributed by atoms with Gasteiger partial charge in [-0.1, -0.05) is 12.0 Å². The van der Waals surface area contributed by atoms with Crippen molar-refractivity contribution in [1.82, 2.24) is 15.5 Å². The lowest BCUT2D eigenvalue weighted by Crippen LogP contribution is -2.36. The molecule has 1 atom stereocenters. The molecule has 1 amide bonds. The van der Waals surface area contributed by atoms with Crippen LogP contribution >= 0.6 is 0 Å². The van der Waals surface area contributed by atoms with E-state index in [4.69, 9.17) is 10.2 Å². The minimum absolute atomic E-state index is 0.00209. The van der Waals surface area contributed by atoms with Gasteiger partial charge < -0.3 is 20.8 Å². The summed E-state index contributed by atoms with van der Waals surface area (Å²) in [6, 6.07) is 0.300. The Balaban J connectivity index is 2.61. The van der Waals surface area contributed by atoms with Gasteiger partial charge in [0.1, 0.15) is 0 Å². The second-order valence-electron chi connectivity index (χ2n) is 5.27. The summed E-state index contributed by atoms with van der Waals surface area (Å²) in [5.74, 6) is 0.140. The fraction of sp³-hybridized carbons (Fsp3) is 0.750. The molecule has 7 nitrogen and oxygen atoms in total. The number of hydrogen-bond acceptors (Lipinski definition) is 6. The van der Waals surface area contributed by atoms with E-state index in [2.05, 4.69) is 27.8 Å². The highest BCUT2D eigenvalue weighted by molar-refractivity contribution is 5.75. The van der Waals surface area contributed by atoms with E-state index in [0.29, 0.717) is 11.9 Å². The molecule has 1 unspecified atom stereocenters. The Bertz CT molecular complexity index is 416. The maximum absolute atomic E-state index is 10.9. The Morgan fingerprint density at radius 3 is 2.74 bits per heavy atom. The van der Waals surface area contributed by atoms with Crippen LogP contribution < -0.4 is 16.4 Å². The maximum atomic E-state index is 10.9. The van der Waals surface area contributed by atoms with E-state index < -0.39 is 5.54 Å². The Hall–Kier alpha value is -1.63. The van der Waals surface area contributed by atoms with Gasteiger partial charge in [0, 0.05) is 12.0 Å². The summed E-state index contributed by atoms with van der Waals surface area (Å²) in [6.45, 7) is 8.63. The third-order valence-corrected chi connectivity index (χ3v) is 2.57. The first-order valence-electron chi connectivity index (χ1n) is 6.47. The van der Waals surface area contributed by atoms with E-state index in [9.17, 15) is 4.79 Å². The summed E-state index contributed by atoms with van der Waals surface area (Å²) in [6.07, 6.45) is 1.23. The largest absolute Gasteiger partial charge is 0.406 e. The maximum Gasteiger partial charge on any atom is 0.315 e. The van der Waals surface area contributed by atoms with Crippen molar-refractivity contribution in [2.75, 3.05) is 11.9 Å².